The fourth-order valence-corrected chi connectivity index (χ4v) is 2.34. The molecule has 1 aliphatic rings. The summed E-state index contributed by atoms with van der Waals surface area (Å²) in [6, 6.07) is 5.76. The van der Waals surface area contributed by atoms with Gasteiger partial charge in [-0.1, -0.05) is 0 Å². The van der Waals surface area contributed by atoms with Gasteiger partial charge in [0.2, 0.25) is 5.91 Å². The summed E-state index contributed by atoms with van der Waals surface area (Å²) in [7, 11) is 0. The number of benzene rings is 1. The van der Waals surface area contributed by atoms with Gasteiger partial charge in [-0.15, -0.1) is 12.4 Å². The Labute approximate surface area is 117 Å². The molecular formula is C13H17ClN4O. The first-order chi connectivity index (χ1) is 8.83. The van der Waals surface area contributed by atoms with E-state index in [1.807, 2.05) is 18.2 Å². The quantitative estimate of drug-likeness (QED) is 0.787. The Bertz CT molecular complexity index is 563. The van der Waals surface area contributed by atoms with Crippen molar-refractivity contribution < 1.29 is 4.79 Å². The van der Waals surface area contributed by atoms with Gasteiger partial charge in [-0.05, 0) is 37.6 Å². The molecule has 1 aliphatic heterocycles. The second-order valence-electron chi connectivity index (χ2n) is 4.70. The molecule has 0 radical (unpaired) electrons. The molecule has 0 unspecified atom stereocenters. The van der Waals surface area contributed by atoms with Crippen molar-refractivity contribution in [3.05, 3.63) is 24.4 Å². The fourth-order valence-electron chi connectivity index (χ4n) is 2.34. The van der Waals surface area contributed by atoms with Crippen LogP contribution in [0, 0.1) is 5.92 Å². The molecule has 19 heavy (non-hydrogen) atoms. The van der Waals surface area contributed by atoms with Crippen LogP contribution in [-0.4, -0.2) is 29.2 Å². The van der Waals surface area contributed by atoms with Crippen molar-refractivity contribution in [1.82, 2.24) is 15.5 Å². The molecule has 0 spiro atoms. The molecule has 1 aromatic heterocycles. The molecule has 0 saturated carbocycles. The average molecular weight is 281 g/mol. The summed E-state index contributed by atoms with van der Waals surface area (Å²) < 4.78 is 0. The van der Waals surface area contributed by atoms with Crippen molar-refractivity contribution in [2.24, 2.45) is 5.92 Å². The highest BCUT2D eigenvalue weighted by Gasteiger charge is 2.20. The third kappa shape index (κ3) is 3.05. The van der Waals surface area contributed by atoms with Gasteiger partial charge in [0.25, 0.3) is 0 Å². The molecule has 3 rings (SSSR count). The van der Waals surface area contributed by atoms with Gasteiger partial charge in [0.1, 0.15) is 0 Å². The number of piperidine rings is 1. The Balaban J connectivity index is 0.00000133. The first-order valence-corrected chi connectivity index (χ1v) is 6.27. The Morgan fingerprint density at radius 1 is 1.42 bits per heavy atom. The summed E-state index contributed by atoms with van der Waals surface area (Å²) in [5.74, 6) is 0.184. The molecule has 1 aromatic carbocycles. The van der Waals surface area contributed by atoms with Gasteiger partial charge in [-0.2, -0.15) is 5.10 Å². The summed E-state index contributed by atoms with van der Waals surface area (Å²) in [6.07, 6.45) is 3.79. The summed E-state index contributed by atoms with van der Waals surface area (Å²) in [6.45, 7) is 1.80. The predicted octanol–water partition coefficient (Wildman–Crippen LogP) is 1.92. The van der Waals surface area contributed by atoms with Crippen molar-refractivity contribution >= 4 is 34.9 Å². The second-order valence-corrected chi connectivity index (χ2v) is 4.70. The zero-order chi connectivity index (χ0) is 12.4. The third-order valence-corrected chi connectivity index (χ3v) is 3.38. The maximum absolute atomic E-state index is 12.1. The van der Waals surface area contributed by atoms with E-state index in [1.165, 1.54) is 0 Å². The van der Waals surface area contributed by atoms with E-state index in [1.54, 1.807) is 6.20 Å². The van der Waals surface area contributed by atoms with Gasteiger partial charge >= 0.3 is 0 Å². The lowest BCUT2D eigenvalue weighted by Gasteiger charge is -2.21. The van der Waals surface area contributed by atoms with Gasteiger partial charge in [0.05, 0.1) is 17.6 Å². The Morgan fingerprint density at radius 2 is 2.32 bits per heavy atom. The largest absolute Gasteiger partial charge is 0.326 e. The van der Waals surface area contributed by atoms with Crippen LogP contribution < -0.4 is 10.6 Å². The molecule has 5 nitrogen and oxygen atoms in total. The maximum atomic E-state index is 12.1. The fraction of sp³-hybridized carbons (Fsp3) is 0.385. The van der Waals surface area contributed by atoms with E-state index in [4.69, 9.17) is 0 Å². The summed E-state index contributed by atoms with van der Waals surface area (Å²) in [4.78, 5) is 12.1. The van der Waals surface area contributed by atoms with Crippen LogP contribution in [0.15, 0.2) is 24.4 Å². The SMILES string of the molecule is Cl.O=C(Nc1ccc2[nH]ncc2c1)[C@@H]1CCCNC1. The van der Waals surface area contributed by atoms with Crippen LogP contribution in [0.4, 0.5) is 5.69 Å². The summed E-state index contributed by atoms with van der Waals surface area (Å²) >= 11 is 0. The van der Waals surface area contributed by atoms with Gasteiger partial charge < -0.3 is 10.6 Å². The molecule has 0 bridgehead atoms. The van der Waals surface area contributed by atoms with E-state index in [0.29, 0.717) is 0 Å². The molecule has 1 atom stereocenters. The number of hydrogen-bond acceptors (Lipinski definition) is 3. The number of carbonyl (C=O) groups excluding carboxylic acids is 1. The van der Waals surface area contributed by atoms with Crippen molar-refractivity contribution in [2.75, 3.05) is 18.4 Å². The number of rotatable bonds is 2. The van der Waals surface area contributed by atoms with Gasteiger partial charge in [0, 0.05) is 17.6 Å². The Morgan fingerprint density at radius 3 is 3.11 bits per heavy atom. The molecule has 6 heteroatoms. The number of fused-ring (bicyclic) bond motifs is 1. The van der Waals surface area contributed by atoms with E-state index >= 15 is 0 Å². The monoisotopic (exact) mass is 280 g/mol. The van der Waals surface area contributed by atoms with Crippen molar-refractivity contribution in [1.29, 1.82) is 0 Å². The highest BCUT2D eigenvalue weighted by molar-refractivity contribution is 5.95. The molecule has 102 valence electrons. The number of nitrogens with one attached hydrogen (secondary N) is 3. The number of H-pyrrole nitrogens is 1. The third-order valence-electron chi connectivity index (χ3n) is 3.38. The number of amides is 1. The number of halogens is 1. The van der Waals surface area contributed by atoms with E-state index in [-0.39, 0.29) is 24.2 Å². The molecule has 2 aromatic rings. The van der Waals surface area contributed by atoms with E-state index in [2.05, 4.69) is 20.8 Å². The zero-order valence-electron chi connectivity index (χ0n) is 10.5. The van der Waals surface area contributed by atoms with Crippen LogP contribution in [0.5, 0.6) is 0 Å². The Kier molecular flexibility index (Phi) is 4.39. The number of aromatic amines is 1. The highest BCUT2D eigenvalue weighted by Crippen LogP contribution is 2.18. The number of hydrogen-bond donors (Lipinski definition) is 3. The Hall–Kier alpha value is -1.59. The van der Waals surface area contributed by atoms with Crippen LogP contribution in [0.2, 0.25) is 0 Å². The minimum atomic E-state index is 0. The number of carbonyl (C=O) groups is 1. The van der Waals surface area contributed by atoms with Crippen molar-refractivity contribution in [3.8, 4) is 0 Å². The van der Waals surface area contributed by atoms with Crippen LogP contribution in [0.25, 0.3) is 10.9 Å². The molecule has 0 aliphatic carbocycles. The maximum Gasteiger partial charge on any atom is 0.228 e. The lowest BCUT2D eigenvalue weighted by molar-refractivity contribution is -0.120. The summed E-state index contributed by atoms with van der Waals surface area (Å²) in [5.41, 5.74) is 1.81. The zero-order valence-corrected chi connectivity index (χ0v) is 11.3. The molecule has 1 amide bonds. The van der Waals surface area contributed by atoms with Crippen LogP contribution in [-0.2, 0) is 4.79 Å². The van der Waals surface area contributed by atoms with Crippen LogP contribution in [0.1, 0.15) is 12.8 Å². The smallest absolute Gasteiger partial charge is 0.228 e. The molecule has 2 heterocycles. The van der Waals surface area contributed by atoms with E-state index < -0.39 is 0 Å². The van der Waals surface area contributed by atoms with Crippen LogP contribution in [0.3, 0.4) is 0 Å². The molecule has 1 saturated heterocycles. The molecule has 1 fully saturated rings. The standard InChI is InChI=1S/C13H16N4O.ClH/c18-13(9-2-1-5-14-7-9)16-11-3-4-12-10(6-11)8-15-17-12;/h3-4,6,8-9,14H,1-2,5,7H2,(H,15,17)(H,16,18);1H/t9-;/m1./s1. The summed E-state index contributed by atoms with van der Waals surface area (Å²) in [5, 5.41) is 14.1. The topological polar surface area (TPSA) is 69.8 Å². The van der Waals surface area contributed by atoms with E-state index in [9.17, 15) is 4.79 Å². The van der Waals surface area contributed by atoms with Crippen molar-refractivity contribution in [3.63, 3.8) is 0 Å². The first-order valence-electron chi connectivity index (χ1n) is 6.27. The predicted molar refractivity (Wildman–Crippen MR) is 77.6 cm³/mol. The first kappa shape index (κ1) is 13.8. The highest BCUT2D eigenvalue weighted by atomic mass is 35.5. The minimum Gasteiger partial charge on any atom is -0.326 e. The number of aromatic nitrogens is 2. The number of nitrogens with zero attached hydrogens (tertiary/aromatic N) is 1. The molecular weight excluding hydrogens is 264 g/mol. The van der Waals surface area contributed by atoms with Crippen molar-refractivity contribution in [2.45, 2.75) is 12.8 Å². The lowest BCUT2D eigenvalue weighted by atomic mass is 9.99. The lowest BCUT2D eigenvalue weighted by Crippen LogP contribution is -2.37. The average Bonchev–Trinajstić information content (AvgIpc) is 2.87. The van der Waals surface area contributed by atoms with Gasteiger partial charge in [-0.25, -0.2) is 0 Å². The normalized spacial score (nSPS) is 18.8. The molecule has 3 N–H and O–H groups in total. The van der Waals surface area contributed by atoms with E-state index in [0.717, 1.165) is 42.5 Å². The van der Waals surface area contributed by atoms with Gasteiger partial charge in [0.15, 0.2) is 0 Å². The van der Waals surface area contributed by atoms with Gasteiger partial charge in [-0.3, -0.25) is 9.89 Å². The minimum absolute atomic E-state index is 0. The number of anilines is 1. The second kappa shape index (κ2) is 6.04. The van der Waals surface area contributed by atoms with Crippen LogP contribution >= 0.6 is 12.4 Å².